The molecule has 2 N–H and O–H groups in total. The standard InChI is InChI=1S/C20H25N5O3/c1-22-18-17(19(27)23(2)20(22)28)25(9-5-11-26)16(21-18)13-24-10-8-14-6-3-4-7-15(14)12-24/h3-4,6-7,26H,5,8-13H2,1-2H3/p+1. The Hall–Kier alpha value is -2.71. The van der Waals surface area contributed by atoms with E-state index in [1.807, 2.05) is 4.57 Å². The summed E-state index contributed by atoms with van der Waals surface area (Å²) in [5.41, 5.74) is 2.88. The molecule has 8 heteroatoms. The molecule has 8 nitrogen and oxygen atoms in total. The van der Waals surface area contributed by atoms with Gasteiger partial charge >= 0.3 is 5.69 Å². The fourth-order valence-electron chi connectivity index (χ4n) is 4.11. The topological polar surface area (TPSA) is 86.5 Å². The third kappa shape index (κ3) is 3.08. The van der Waals surface area contributed by atoms with E-state index in [1.54, 1.807) is 7.05 Å². The van der Waals surface area contributed by atoms with Crippen LogP contribution in [-0.2, 0) is 40.2 Å². The summed E-state index contributed by atoms with van der Waals surface area (Å²) >= 11 is 0. The minimum atomic E-state index is -0.380. The number of hydrogen-bond donors (Lipinski definition) is 2. The van der Waals surface area contributed by atoms with Crippen LogP contribution in [0, 0.1) is 0 Å². The van der Waals surface area contributed by atoms with Crippen LogP contribution in [-0.4, -0.2) is 36.9 Å². The number of benzene rings is 1. The van der Waals surface area contributed by atoms with Gasteiger partial charge in [0, 0.05) is 39.2 Å². The van der Waals surface area contributed by atoms with E-state index in [1.165, 1.54) is 27.6 Å². The Kier molecular flexibility index (Phi) is 4.91. The molecular formula is C20H26N5O3+. The molecule has 0 fully saturated rings. The molecule has 0 bridgehead atoms. The second-order valence-corrected chi connectivity index (χ2v) is 7.51. The SMILES string of the molecule is Cn1c(=O)c2c(nc(C[NH+]3CCc4ccccc4C3)n2CCCO)n(C)c1=O. The van der Waals surface area contributed by atoms with Gasteiger partial charge in [0.05, 0.1) is 6.54 Å². The van der Waals surface area contributed by atoms with Crippen LogP contribution in [0.4, 0.5) is 0 Å². The minimum absolute atomic E-state index is 0.0368. The molecule has 0 aliphatic carbocycles. The first kappa shape index (κ1) is 18.6. The van der Waals surface area contributed by atoms with Crippen molar-refractivity contribution in [3.05, 3.63) is 62.1 Å². The quantitative estimate of drug-likeness (QED) is 0.588. The second kappa shape index (κ2) is 7.37. The highest BCUT2D eigenvalue weighted by molar-refractivity contribution is 5.71. The summed E-state index contributed by atoms with van der Waals surface area (Å²) in [5.74, 6) is 0.788. The first-order valence-electron chi connectivity index (χ1n) is 9.67. The molecule has 3 aromatic rings. The largest absolute Gasteiger partial charge is 0.396 e. The van der Waals surface area contributed by atoms with Gasteiger partial charge in [0.25, 0.3) is 5.56 Å². The maximum atomic E-state index is 12.8. The molecule has 0 radical (unpaired) electrons. The summed E-state index contributed by atoms with van der Waals surface area (Å²) in [5, 5.41) is 9.30. The molecule has 0 amide bonds. The molecule has 0 spiro atoms. The van der Waals surface area contributed by atoms with Crippen molar-refractivity contribution in [1.82, 2.24) is 18.7 Å². The molecule has 2 aromatic heterocycles. The summed E-state index contributed by atoms with van der Waals surface area (Å²) in [4.78, 5) is 31.1. The van der Waals surface area contributed by atoms with Crippen molar-refractivity contribution >= 4 is 11.2 Å². The number of aromatic nitrogens is 4. The lowest BCUT2D eigenvalue weighted by Crippen LogP contribution is -3.10. The summed E-state index contributed by atoms with van der Waals surface area (Å²) in [6.45, 7) is 3.12. The van der Waals surface area contributed by atoms with Gasteiger partial charge in [-0.25, -0.2) is 9.78 Å². The van der Waals surface area contributed by atoms with Gasteiger partial charge in [0.2, 0.25) is 0 Å². The fourth-order valence-corrected chi connectivity index (χ4v) is 4.11. The number of hydrogen-bond acceptors (Lipinski definition) is 4. The summed E-state index contributed by atoms with van der Waals surface area (Å²) in [6, 6.07) is 8.50. The van der Waals surface area contributed by atoms with E-state index in [0.29, 0.717) is 30.7 Å². The van der Waals surface area contributed by atoms with Crippen molar-refractivity contribution in [2.24, 2.45) is 14.1 Å². The normalized spacial score (nSPS) is 16.5. The number of aliphatic hydroxyl groups excluding tert-OH is 1. The van der Waals surface area contributed by atoms with Crippen molar-refractivity contribution in [3.8, 4) is 0 Å². The zero-order valence-electron chi connectivity index (χ0n) is 16.3. The first-order valence-corrected chi connectivity index (χ1v) is 9.67. The third-order valence-corrected chi connectivity index (χ3v) is 5.68. The second-order valence-electron chi connectivity index (χ2n) is 7.51. The predicted molar refractivity (Wildman–Crippen MR) is 105 cm³/mol. The maximum Gasteiger partial charge on any atom is 0.332 e. The summed E-state index contributed by atoms with van der Waals surface area (Å²) in [6.07, 6.45) is 1.55. The lowest BCUT2D eigenvalue weighted by atomic mass is 10.00. The number of aliphatic hydroxyl groups is 1. The number of imidazole rings is 1. The highest BCUT2D eigenvalue weighted by atomic mass is 16.3. The molecule has 28 heavy (non-hydrogen) atoms. The Morgan fingerprint density at radius 2 is 1.89 bits per heavy atom. The van der Waals surface area contributed by atoms with Crippen LogP contribution >= 0.6 is 0 Å². The minimum Gasteiger partial charge on any atom is -0.396 e. The van der Waals surface area contributed by atoms with Crippen LogP contribution in [0.5, 0.6) is 0 Å². The average Bonchev–Trinajstić information content (AvgIpc) is 3.07. The van der Waals surface area contributed by atoms with E-state index in [-0.39, 0.29) is 17.9 Å². The van der Waals surface area contributed by atoms with Crippen molar-refractivity contribution in [1.29, 1.82) is 0 Å². The number of nitrogens with one attached hydrogen (secondary N) is 1. The van der Waals surface area contributed by atoms with Gasteiger partial charge in [-0.2, -0.15) is 0 Å². The molecular weight excluding hydrogens is 358 g/mol. The molecule has 3 heterocycles. The lowest BCUT2D eigenvalue weighted by Gasteiger charge is -2.25. The Morgan fingerprint density at radius 1 is 1.14 bits per heavy atom. The van der Waals surface area contributed by atoms with Gasteiger partial charge in [-0.05, 0) is 12.0 Å². The van der Waals surface area contributed by atoms with Crippen molar-refractivity contribution in [3.63, 3.8) is 0 Å². The van der Waals surface area contributed by atoms with Gasteiger partial charge in [-0.1, -0.05) is 24.3 Å². The zero-order valence-corrected chi connectivity index (χ0v) is 16.3. The molecule has 0 saturated heterocycles. The molecule has 1 unspecified atom stereocenters. The van der Waals surface area contributed by atoms with E-state index in [9.17, 15) is 14.7 Å². The molecule has 4 rings (SSSR count). The Labute approximate surface area is 162 Å². The molecule has 148 valence electrons. The van der Waals surface area contributed by atoms with E-state index in [2.05, 4.69) is 29.2 Å². The zero-order chi connectivity index (χ0) is 19.8. The monoisotopic (exact) mass is 384 g/mol. The van der Waals surface area contributed by atoms with Gasteiger partial charge < -0.3 is 14.6 Å². The predicted octanol–water partition coefficient (Wildman–Crippen LogP) is -1.04. The highest BCUT2D eigenvalue weighted by Gasteiger charge is 2.24. The Bertz CT molecular complexity index is 1140. The van der Waals surface area contributed by atoms with Crippen LogP contribution in [0.3, 0.4) is 0 Å². The van der Waals surface area contributed by atoms with Crippen LogP contribution in [0.1, 0.15) is 23.4 Å². The van der Waals surface area contributed by atoms with E-state index in [4.69, 9.17) is 0 Å². The van der Waals surface area contributed by atoms with Crippen LogP contribution in [0.15, 0.2) is 33.9 Å². The Balaban J connectivity index is 1.76. The number of rotatable bonds is 5. The van der Waals surface area contributed by atoms with Crippen molar-refractivity contribution < 1.29 is 10.0 Å². The van der Waals surface area contributed by atoms with Crippen LogP contribution in [0.25, 0.3) is 11.2 Å². The highest BCUT2D eigenvalue weighted by Crippen LogP contribution is 2.14. The third-order valence-electron chi connectivity index (χ3n) is 5.68. The van der Waals surface area contributed by atoms with Gasteiger partial charge in [-0.15, -0.1) is 0 Å². The molecule has 1 atom stereocenters. The van der Waals surface area contributed by atoms with Crippen molar-refractivity contribution in [2.45, 2.75) is 32.5 Å². The maximum absolute atomic E-state index is 12.8. The van der Waals surface area contributed by atoms with E-state index >= 15 is 0 Å². The number of nitrogens with zero attached hydrogens (tertiary/aromatic N) is 4. The summed E-state index contributed by atoms with van der Waals surface area (Å²) in [7, 11) is 3.13. The molecule has 1 aromatic carbocycles. The Morgan fingerprint density at radius 3 is 2.64 bits per heavy atom. The molecule has 1 aliphatic rings. The average molecular weight is 384 g/mol. The van der Waals surface area contributed by atoms with Gasteiger partial charge in [0.1, 0.15) is 13.1 Å². The lowest BCUT2D eigenvalue weighted by molar-refractivity contribution is -0.930. The van der Waals surface area contributed by atoms with Crippen molar-refractivity contribution in [2.75, 3.05) is 13.2 Å². The molecule has 0 saturated carbocycles. The van der Waals surface area contributed by atoms with Gasteiger partial charge in [0.15, 0.2) is 17.0 Å². The fraction of sp³-hybridized carbons (Fsp3) is 0.450. The number of quaternary nitrogens is 1. The molecule has 1 aliphatic heterocycles. The smallest absolute Gasteiger partial charge is 0.332 e. The van der Waals surface area contributed by atoms with E-state index in [0.717, 1.165) is 29.9 Å². The van der Waals surface area contributed by atoms with Crippen LogP contribution < -0.4 is 16.1 Å². The van der Waals surface area contributed by atoms with Gasteiger partial charge in [-0.3, -0.25) is 13.9 Å². The van der Waals surface area contributed by atoms with Crippen LogP contribution in [0.2, 0.25) is 0 Å². The number of aryl methyl sites for hydroxylation is 2. The summed E-state index contributed by atoms with van der Waals surface area (Å²) < 4.78 is 4.44. The van der Waals surface area contributed by atoms with E-state index < -0.39 is 0 Å². The first-order chi connectivity index (χ1) is 13.5. The number of fused-ring (bicyclic) bond motifs is 2.